The number of ether oxygens (including phenoxy) is 1. The third-order valence-electron chi connectivity index (χ3n) is 4.35. The number of aromatic nitrogens is 4. The maximum atomic E-state index is 12.8. The van der Waals surface area contributed by atoms with Gasteiger partial charge in [-0.1, -0.05) is 18.2 Å². The second-order valence-electron chi connectivity index (χ2n) is 6.71. The van der Waals surface area contributed by atoms with Crippen LogP contribution >= 0.6 is 0 Å². The molecule has 162 valence electrons. The number of hydrogen-bond acceptors (Lipinski definition) is 5. The molecule has 0 spiro atoms. The summed E-state index contributed by atoms with van der Waals surface area (Å²) in [5.74, 6) is 0.897. The minimum atomic E-state index is -4.45. The number of hydrogen-bond donors (Lipinski definition) is 1. The Bertz CT molecular complexity index is 1210. The number of halogens is 3. The van der Waals surface area contributed by atoms with Crippen molar-refractivity contribution in [1.82, 2.24) is 19.7 Å². The second-order valence-corrected chi connectivity index (χ2v) is 6.71. The average molecular weight is 439 g/mol. The summed E-state index contributed by atoms with van der Waals surface area (Å²) in [5.41, 5.74) is -0.0343. The molecule has 0 aliphatic heterocycles. The first-order valence-corrected chi connectivity index (χ1v) is 9.43. The molecule has 0 aliphatic rings. The van der Waals surface area contributed by atoms with Gasteiger partial charge in [0.2, 0.25) is 11.8 Å². The van der Waals surface area contributed by atoms with Crippen LogP contribution in [-0.2, 0) is 17.4 Å². The number of anilines is 1. The van der Waals surface area contributed by atoms with Gasteiger partial charge in [0.05, 0.1) is 12.0 Å². The van der Waals surface area contributed by atoms with Crippen LogP contribution in [0.1, 0.15) is 11.1 Å². The number of alkyl halides is 3. The van der Waals surface area contributed by atoms with Gasteiger partial charge >= 0.3 is 6.18 Å². The van der Waals surface area contributed by atoms with Crippen molar-refractivity contribution in [1.29, 1.82) is 0 Å². The highest BCUT2D eigenvalue weighted by atomic mass is 19.4. The first-order chi connectivity index (χ1) is 15.4. The van der Waals surface area contributed by atoms with E-state index in [0.29, 0.717) is 23.1 Å². The molecule has 0 bridgehead atoms. The molecule has 0 atom stereocenters. The number of rotatable bonds is 6. The Balaban J connectivity index is 1.37. The fourth-order valence-corrected chi connectivity index (χ4v) is 2.89. The number of carbonyl (C=O) groups excluding carboxylic acids is 1. The first-order valence-electron chi connectivity index (χ1n) is 9.43. The number of nitrogens with zero attached hydrogens (tertiary/aromatic N) is 4. The van der Waals surface area contributed by atoms with Crippen LogP contribution in [0.15, 0.2) is 79.4 Å². The third-order valence-corrected chi connectivity index (χ3v) is 4.35. The summed E-state index contributed by atoms with van der Waals surface area (Å²) < 4.78 is 45.7. The topological polar surface area (TPSA) is 81.9 Å². The zero-order chi connectivity index (χ0) is 22.6. The van der Waals surface area contributed by atoms with E-state index in [1.54, 1.807) is 53.5 Å². The van der Waals surface area contributed by atoms with Crippen molar-refractivity contribution < 1.29 is 22.7 Å². The van der Waals surface area contributed by atoms with E-state index in [9.17, 15) is 18.0 Å². The van der Waals surface area contributed by atoms with E-state index in [1.165, 1.54) is 18.5 Å². The summed E-state index contributed by atoms with van der Waals surface area (Å²) in [6.45, 7) is 0. The molecule has 7 nitrogen and oxygen atoms in total. The van der Waals surface area contributed by atoms with Gasteiger partial charge in [-0.05, 0) is 42.0 Å². The molecule has 0 saturated heterocycles. The van der Waals surface area contributed by atoms with E-state index in [4.69, 9.17) is 4.74 Å². The predicted molar refractivity (Wildman–Crippen MR) is 109 cm³/mol. The molecule has 0 radical (unpaired) electrons. The van der Waals surface area contributed by atoms with Crippen molar-refractivity contribution in [3.8, 4) is 17.4 Å². The molecule has 1 amide bonds. The normalized spacial score (nSPS) is 11.2. The van der Waals surface area contributed by atoms with Crippen molar-refractivity contribution in [2.24, 2.45) is 0 Å². The Morgan fingerprint density at radius 2 is 1.84 bits per heavy atom. The summed E-state index contributed by atoms with van der Waals surface area (Å²) in [4.78, 5) is 20.4. The lowest BCUT2D eigenvalue weighted by Crippen LogP contribution is -2.15. The zero-order valence-corrected chi connectivity index (χ0v) is 16.5. The van der Waals surface area contributed by atoms with Gasteiger partial charge in [0.15, 0.2) is 5.82 Å². The standard InChI is InChI=1S/C22H16F3N5O2/c23-22(24,25)16-4-1-3-15(11-16)12-20(31)29-17-5-7-18(8-6-17)32-21-13-19(26-14-27-21)30-10-2-9-28-30/h1-11,13-14H,12H2,(H,29,31). The SMILES string of the molecule is O=C(Cc1cccc(C(F)(F)F)c1)Nc1ccc(Oc2cc(-n3cccn3)ncn2)cc1. The van der Waals surface area contributed by atoms with Crippen LogP contribution in [-0.4, -0.2) is 25.7 Å². The lowest BCUT2D eigenvalue weighted by Gasteiger charge is -2.10. The number of carbonyl (C=O) groups is 1. The molecule has 0 fully saturated rings. The third kappa shape index (κ3) is 5.28. The number of amides is 1. The molecule has 2 aromatic carbocycles. The summed E-state index contributed by atoms with van der Waals surface area (Å²) in [7, 11) is 0. The van der Waals surface area contributed by atoms with Gasteiger partial charge in [0, 0.05) is 24.1 Å². The molecule has 32 heavy (non-hydrogen) atoms. The summed E-state index contributed by atoms with van der Waals surface area (Å²) in [5, 5.41) is 6.75. The van der Waals surface area contributed by atoms with Crippen LogP contribution in [0.2, 0.25) is 0 Å². The van der Waals surface area contributed by atoms with Crippen LogP contribution in [0.5, 0.6) is 11.6 Å². The van der Waals surface area contributed by atoms with Crippen molar-refractivity contribution in [3.63, 3.8) is 0 Å². The fourth-order valence-electron chi connectivity index (χ4n) is 2.89. The maximum Gasteiger partial charge on any atom is 0.416 e. The van der Waals surface area contributed by atoms with Gasteiger partial charge in [-0.2, -0.15) is 18.3 Å². The van der Waals surface area contributed by atoms with Crippen LogP contribution in [0.3, 0.4) is 0 Å². The van der Waals surface area contributed by atoms with Crippen molar-refractivity contribution in [3.05, 3.63) is 90.5 Å². The van der Waals surface area contributed by atoms with E-state index in [1.807, 2.05) is 0 Å². The van der Waals surface area contributed by atoms with E-state index in [-0.39, 0.29) is 12.0 Å². The maximum absolute atomic E-state index is 12.8. The second kappa shape index (κ2) is 8.88. The molecular formula is C22H16F3N5O2. The van der Waals surface area contributed by atoms with E-state index in [2.05, 4.69) is 20.4 Å². The molecule has 2 heterocycles. The molecule has 0 saturated carbocycles. The number of benzene rings is 2. The Hall–Kier alpha value is -4.21. The summed E-state index contributed by atoms with van der Waals surface area (Å²) in [6, 6.07) is 14.6. The molecular weight excluding hydrogens is 423 g/mol. The fraction of sp³-hybridized carbons (Fsp3) is 0.0909. The highest BCUT2D eigenvalue weighted by molar-refractivity contribution is 5.92. The lowest BCUT2D eigenvalue weighted by molar-refractivity contribution is -0.137. The quantitative estimate of drug-likeness (QED) is 0.473. The average Bonchev–Trinajstić information content (AvgIpc) is 3.30. The molecule has 2 aromatic heterocycles. The van der Waals surface area contributed by atoms with Crippen molar-refractivity contribution in [2.45, 2.75) is 12.6 Å². The lowest BCUT2D eigenvalue weighted by atomic mass is 10.1. The largest absolute Gasteiger partial charge is 0.439 e. The minimum Gasteiger partial charge on any atom is -0.439 e. The summed E-state index contributed by atoms with van der Waals surface area (Å²) in [6.07, 6.45) is 0.0881. The van der Waals surface area contributed by atoms with Gasteiger partial charge in [0.1, 0.15) is 12.1 Å². The van der Waals surface area contributed by atoms with Gasteiger partial charge in [-0.15, -0.1) is 0 Å². The van der Waals surface area contributed by atoms with Gasteiger partial charge in [0.25, 0.3) is 0 Å². The van der Waals surface area contributed by atoms with E-state index in [0.717, 1.165) is 12.1 Å². The van der Waals surface area contributed by atoms with E-state index < -0.39 is 17.6 Å². The van der Waals surface area contributed by atoms with Crippen LogP contribution in [0.4, 0.5) is 18.9 Å². The van der Waals surface area contributed by atoms with Gasteiger partial charge in [-0.3, -0.25) is 4.79 Å². The smallest absolute Gasteiger partial charge is 0.416 e. The van der Waals surface area contributed by atoms with Crippen molar-refractivity contribution >= 4 is 11.6 Å². The molecule has 10 heteroatoms. The first kappa shape index (κ1) is 21.0. The predicted octanol–water partition coefficient (Wildman–Crippen LogP) is 4.65. The van der Waals surface area contributed by atoms with Crippen molar-refractivity contribution in [2.75, 3.05) is 5.32 Å². The molecule has 0 unspecified atom stereocenters. The Morgan fingerprint density at radius 3 is 2.56 bits per heavy atom. The monoisotopic (exact) mass is 439 g/mol. The molecule has 1 N–H and O–H groups in total. The minimum absolute atomic E-state index is 0.181. The van der Waals surface area contributed by atoms with E-state index >= 15 is 0 Å². The van der Waals surface area contributed by atoms with Gasteiger partial charge < -0.3 is 10.1 Å². The highest BCUT2D eigenvalue weighted by Gasteiger charge is 2.30. The van der Waals surface area contributed by atoms with Crippen LogP contribution < -0.4 is 10.1 Å². The van der Waals surface area contributed by atoms with Gasteiger partial charge in [-0.25, -0.2) is 14.6 Å². The summed E-state index contributed by atoms with van der Waals surface area (Å²) >= 11 is 0. The van der Waals surface area contributed by atoms with Crippen LogP contribution in [0, 0.1) is 0 Å². The molecule has 0 aliphatic carbocycles. The Labute approximate surface area is 180 Å². The molecule has 4 aromatic rings. The Kier molecular flexibility index (Phi) is 5.84. The zero-order valence-electron chi connectivity index (χ0n) is 16.5. The number of nitrogens with one attached hydrogen (secondary N) is 1. The van der Waals surface area contributed by atoms with Crippen LogP contribution in [0.25, 0.3) is 5.82 Å². The Morgan fingerprint density at radius 1 is 1.03 bits per heavy atom. The molecule has 4 rings (SSSR count). The highest BCUT2D eigenvalue weighted by Crippen LogP contribution is 2.29.